The zero-order valence-corrected chi connectivity index (χ0v) is 27.7. The summed E-state index contributed by atoms with van der Waals surface area (Å²) in [6.07, 6.45) is 7.96. The second-order valence-electron chi connectivity index (χ2n) is 12.4. The molecule has 0 radical (unpaired) electrons. The summed E-state index contributed by atoms with van der Waals surface area (Å²) in [7, 11) is 0. The van der Waals surface area contributed by atoms with E-state index in [2.05, 4.69) is 174 Å². The number of hydrogen-bond donors (Lipinski definition) is 1. The first-order chi connectivity index (χ1) is 24.7. The third-order valence-electron chi connectivity index (χ3n) is 9.20. The van der Waals surface area contributed by atoms with Gasteiger partial charge < -0.3 is 9.88 Å². The topological polar surface area (TPSA) is 17.0 Å². The van der Waals surface area contributed by atoms with Crippen LogP contribution in [0.3, 0.4) is 0 Å². The summed E-state index contributed by atoms with van der Waals surface area (Å²) < 4.78 is 2.38. The first-order valence-corrected chi connectivity index (χ1v) is 17.0. The van der Waals surface area contributed by atoms with Crippen LogP contribution in [-0.4, -0.2) is 4.57 Å². The van der Waals surface area contributed by atoms with Crippen LogP contribution >= 0.6 is 0 Å². The van der Waals surface area contributed by atoms with E-state index in [9.17, 15) is 0 Å². The average Bonchev–Trinajstić information content (AvgIpc) is 3.52. The molecule has 2 nitrogen and oxygen atoms in total. The second-order valence-corrected chi connectivity index (χ2v) is 12.4. The highest BCUT2D eigenvalue weighted by atomic mass is 15.0. The number of para-hydroxylation sites is 1. The predicted octanol–water partition coefficient (Wildman–Crippen LogP) is 13.0. The summed E-state index contributed by atoms with van der Waals surface area (Å²) in [5.74, 6) is 0. The first-order valence-electron chi connectivity index (χ1n) is 17.0. The van der Waals surface area contributed by atoms with Crippen LogP contribution < -0.4 is 5.32 Å². The molecule has 0 saturated heterocycles. The Morgan fingerprint density at radius 1 is 0.460 bits per heavy atom. The Kier molecular flexibility index (Phi) is 8.49. The van der Waals surface area contributed by atoms with Crippen molar-refractivity contribution in [2.24, 2.45) is 0 Å². The van der Waals surface area contributed by atoms with E-state index in [1.165, 1.54) is 55.2 Å². The number of fused-ring (bicyclic) bond motifs is 3. The Labute approximate surface area is 293 Å². The quantitative estimate of drug-likeness (QED) is 0.155. The Morgan fingerprint density at radius 2 is 0.960 bits per heavy atom. The summed E-state index contributed by atoms with van der Waals surface area (Å²) in [4.78, 5) is 0. The molecule has 0 saturated carbocycles. The second kappa shape index (κ2) is 13.8. The molecule has 50 heavy (non-hydrogen) atoms. The molecule has 1 N–H and O–H groups in total. The van der Waals surface area contributed by atoms with Crippen LogP contribution in [-0.2, 0) is 0 Å². The predicted molar refractivity (Wildman–Crippen MR) is 214 cm³/mol. The fourth-order valence-corrected chi connectivity index (χ4v) is 6.63. The van der Waals surface area contributed by atoms with Gasteiger partial charge in [-0.15, -0.1) is 0 Å². The van der Waals surface area contributed by atoms with Crippen LogP contribution in [0.1, 0.15) is 5.56 Å². The minimum atomic E-state index is 0.983. The summed E-state index contributed by atoms with van der Waals surface area (Å²) >= 11 is 0. The molecule has 0 bridgehead atoms. The lowest BCUT2D eigenvalue weighted by Gasteiger charge is -2.09. The van der Waals surface area contributed by atoms with Gasteiger partial charge in [-0.1, -0.05) is 140 Å². The van der Waals surface area contributed by atoms with Crippen molar-refractivity contribution in [3.05, 3.63) is 212 Å². The van der Waals surface area contributed by atoms with Gasteiger partial charge in [0.2, 0.25) is 0 Å². The maximum absolute atomic E-state index is 4.16. The number of rotatable bonds is 9. The van der Waals surface area contributed by atoms with E-state index in [-0.39, 0.29) is 0 Å². The molecule has 2 heteroatoms. The smallest absolute Gasteiger partial charge is 0.0541 e. The average molecular weight is 641 g/mol. The van der Waals surface area contributed by atoms with Gasteiger partial charge in [0.15, 0.2) is 0 Å². The van der Waals surface area contributed by atoms with E-state index < -0.39 is 0 Å². The van der Waals surface area contributed by atoms with Gasteiger partial charge >= 0.3 is 0 Å². The van der Waals surface area contributed by atoms with Crippen molar-refractivity contribution >= 4 is 33.1 Å². The molecule has 238 valence electrons. The molecule has 8 aromatic rings. The molecular weight excluding hydrogens is 605 g/mol. The van der Waals surface area contributed by atoms with Crippen LogP contribution in [0.5, 0.6) is 0 Å². The number of aromatic nitrogens is 1. The first kappa shape index (κ1) is 30.7. The number of benzene rings is 7. The number of hydrogen-bond acceptors (Lipinski definition) is 1. The molecule has 0 aliphatic rings. The van der Waals surface area contributed by atoms with Crippen molar-refractivity contribution in [2.45, 2.75) is 0 Å². The summed E-state index contributed by atoms with van der Waals surface area (Å²) in [5, 5.41) is 5.85. The van der Waals surface area contributed by atoms with E-state index in [0.29, 0.717) is 0 Å². The van der Waals surface area contributed by atoms with Gasteiger partial charge in [-0.3, -0.25) is 0 Å². The SMILES string of the molecule is C=C(/C=C\C=C/Nc1ccc(-c2ccc3c(c2)c2cc(-c4cccc(-c5ccccc5)c4)ccc2n3-c2ccccc2)cc1)c1ccccc1. The number of nitrogens with one attached hydrogen (secondary N) is 1. The lowest BCUT2D eigenvalue weighted by atomic mass is 9.97. The maximum Gasteiger partial charge on any atom is 0.0541 e. The molecule has 0 atom stereocenters. The van der Waals surface area contributed by atoms with Gasteiger partial charge in [-0.25, -0.2) is 0 Å². The highest BCUT2D eigenvalue weighted by molar-refractivity contribution is 6.11. The molecule has 0 aliphatic heterocycles. The highest BCUT2D eigenvalue weighted by Gasteiger charge is 2.15. The lowest BCUT2D eigenvalue weighted by Crippen LogP contribution is -1.93. The zero-order chi connectivity index (χ0) is 33.7. The molecule has 1 heterocycles. The van der Waals surface area contributed by atoms with E-state index >= 15 is 0 Å². The van der Waals surface area contributed by atoms with Crippen molar-refractivity contribution < 1.29 is 0 Å². The normalized spacial score (nSPS) is 11.5. The lowest BCUT2D eigenvalue weighted by molar-refractivity contribution is 1.18. The van der Waals surface area contributed by atoms with Gasteiger partial charge in [0.1, 0.15) is 0 Å². The van der Waals surface area contributed by atoms with Gasteiger partial charge in [-0.2, -0.15) is 0 Å². The van der Waals surface area contributed by atoms with E-state index in [4.69, 9.17) is 0 Å². The number of allylic oxidation sites excluding steroid dienone is 4. The fourth-order valence-electron chi connectivity index (χ4n) is 6.63. The summed E-state index contributed by atoms with van der Waals surface area (Å²) in [6.45, 7) is 4.16. The third kappa shape index (κ3) is 6.31. The molecule has 0 amide bonds. The summed E-state index contributed by atoms with van der Waals surface area (Å²) in [6, 6.07) is 62.6. The Hall–Kier alpha value is -6.64. The van der Waals surface area contributed by atoms with Gasteiger partial charge in [-0.05, 0) is 105 Å². The van der Waals surface area contributed by atoms with Crippen molar-refractivity contribution in [1.29, 1.82) is 0 Å². The zero-order valence-electron chi connectivity index (χ0n) is 27.7. The maximum atomic E-state index is 4.16. The van der Waals surface area contributed by atoms with Crippen molar-refractivity contribution in [2.75, 3.05) is 5.32 Å². The van der Waals surface area contributed by atoms with Gasteiger partial charge in [0, 0.05) is 28.3 Å². The van der Waals surface area contributed by atoms with Crippen LogP contribution in [0.4, 0.5) is 5.69 Å². The van der Waals surface area contributed by atoms with Crippen LogP contribution in [0.2, 0.25) is 0 Å². The molecule has 0 spiro atoms. The monoisotopic (exact) mass is 640 g/mol. The Morgan fingerprint density at radius 3 is 1.62 bits per heavy atom. The minimum absolute atomic E-state index is 0.983. The van der Waals surface area contributed by atoms with Crippen molar-refractivity contribution in [3.8, 4) is 39.1 Å². The van der Waals surface area contributed by atoms with Gasteiger partial charge in [0.05, 0.1) is 11.0 Å². The van der Waals surface area contributed by atoms with Gasteiger partial charge in [0.25, 0.3) is 0 Å². The fraction of sp³-hybridized carbons (Fsp3) is 0. The highest BCUT2D eigenvalue weighted by Crippen LogP contribution is 2.38. The molecule has 1 aromatic heterocycles. The van der Waals surface area contributed by atoms with Crippen molar-refractivity contribution in [3.63, 3.8) is 0 Å². The number of anilines is 1. The third-order valence-corrected chi connectivity index (χ3v) is 9.20. The molecule has 8 rings (SSSR count). The van der Waals surface area contributed by atoms with Crippen molar-refractivity contribution in [1.82, 2.24) is 4.57 Å². The van der Waals surface area contributed by atoms with Crippen LogP contribution in [0.15, 0.2) is 207 Å². The molecular formula is C48H36N2. The van der Waals surface area contributed by atoms with E-state index in [0.717, 1.165) is 22.5 Å². The minimum Gasteiger partial charge on any atom is -0.362 e. The van der Waals surface area contributed by atoms with Crippen LogP contribution in [0.25, 0.3) is 66.4 Å². The largest absolute Gasteiger partial charge is 0.362 e. The van der Waals surface area contributed by atoms with Crippen LogP contribution in [0, 0.1) is 0 Å². The standard InChI is InChI=1S/C48H36N2/c1-35(36-15-5-2-6-16-36)14-11-12-31-49-43-27-23-38(24-28-43)41-25-29-47-45(33-41)46-34-42(26-30-48(46)50(47)44-21-9-4-10-22-44)40-20-13-19-39(32-40)37-17-7-3-8-18-37/h2-34,49H,1H2/b14-11-,31-12-. The molecule has 0 unspecified atom stereocenters. The van der Waals surface area contributed by atoms with E-state index in [1.807, 2.05) is 42.6 Å². The van der Waals surface area contributed by atoms with E-state index in [1.54, 1.807) is 0 Å². The molecule has 0 aliphatic carbocycles. The Balaban J connectivity index is 1.11. The number of nitrogens with zero attached hydrogens (tertiary/aromatic N) is 1. The Bertz CT molecular complexity index is 2480. The molecule has 7 aromatic carbocycles. The summed E-state index contributed by atoms with van der Waals surface area (Å²) in [5.41, 5.74) is 13.9. The molecule has 0 fully saturated rings.